The molecule has 0 spiro atoms. The first-order valence-electron chi connectivity index (χ1n) is 5.80. The van der Waals surface area contributed by atoms with Crippen LogP contribution in [-0.2, 0) is 11.2 Å². The van der Waals surface area contributed by atoms with Gasteiger partial charge in [-0.3, -0.25) is 4.79 Å². The van der Waals surface area contributed by atoms with E-state index in [1.165, 1.54) is 0 Å². The van der Waals surface area contributed by atoms with Gasteiger partial charge in [0.05, 0.1) is 11.6 Å². The van der Waals surface area contributed by atoms with E-state index >= 15 is 0 Å². The monoisotopic (exact) mass is 298 g/mol. The first-order valence-corrected chi connectivity index (χ1v) is 6.60. The Morgan fingerprint density at radius 3 is 2.47 bits per heavy atom. The minimum absolute atomic E-state index is 0.107. The molecule has 94 valence electrons. The fourth-order valence-corrected chi connectivity index (χ4v) is 2.14. The van der Waals surface area contributed by atoms with Crippen LogP contribution in [0.2, 0.25) is 0 Å². The number of benzene rings is 1. The van der Waals surface area contributed by atoms with E-state index in [0.29, 0.717) is 12.3 Å². The molecule has 0 aromatic heterocycles. The van der Waals surface area contributed by atoms with E-state index in [9.17, 15) is 4.79 Å². The molecule has 0 aliphatic heterocycles. The molecule has 0 saturated heterocycles. The van der Waals surface area contributed by atoms with Crippen LogP contribution in [0.25, 0.3) is 0 Å². The molecule has 17 heavy (non-hydrogen) atoms. The van der Waals surface area contributed by atoms with Gasteiger partial charge >= 0.3 is 0 Å². The van der Waals surface area contributed by atoms with E-state index < -0.39 is 0 Å². The Bertz CT molecular complexity index is 399. The summed E-state index contributed by atoms with van der Waals surface area (Å²) >= 11 is 3.43. The molecule has 1 unspecified atom stereocenters. The number of methoxy groups -OCH3 is 1. The summed E-state index contributed by atoms with van der Waals surface area (Å²) in [7, 11) is 1.63. The maximum absolute atomic E-state index is 12.0. The Balaban J connectivity index is 2.76. The molecular weight excluding hydrogens is 280 g/mol. The molecule has 0 radical (unpaired) electrons. The van der Waals surface area contributed by atoms with Crippen LogP contribution in [0.15, 0.2) is 22.7 Å². The number of ether oxygens (including phenoxy) is 1. The summed E-state index contributed by atoms with van der Waals surface area (Å²) in [6.45, 7) is 6.14. The van der Waals surface area contributed by atoms with Crippen molar-refractivity contribution in [3.05, 3.63) is 28.2 Å². The maximum atomic E-state index is 12.0. The van der Waals surface area contributed by atoms with Crippen molar-refractivity contribution in [3.63, 3.8) is 0 Å². The smallest absolute Gasteiger partial charge is 0.140 e. The zero-order valence-electron chi connectivity index (χ0n) is 10.8. The van der Waals surface area contributed by atoms with Gasteiger partial charge in [-0.25, -0.2) is 0 Å². The van der Waals surface area contributed by atoms with Gasteiger partial charge in [0.25, 0.3) is 0 Å². The largest absolute Gasteiger partial charge is 0.496 e. The fourth-order valence-electron chi connectivity index (χ4n) is 1.55. The van der Waals surface area contributed by atoms with Crippen LogP contribution in [-0.4, -0.2) is 12.9 Å². The van der Waals surface area contributed by atoms with Gasteiger partial charge in [-0.15, -0.1) is 0 Å². The first-order chi connectivity index (χ1) is 7.95. The van der Waals surface area contributed by atoms with Crippen molar-refractivity contribution in [1.29, 1.82) is 0 Å². The molecule has 1 rings (SSSR count). The summed E-state index contributed by atoms with van der Waals surface area (Å²) in [5.41, 5.74) is 1.02. The van der Waals surface area contributed by atoms with Crippen LogP contribution < -0.4 is 4.74 Å². The summed E-state index contributed by atoms with van der Waals surface area (Å²) in [5, 5.41) is 0. The van der Waals surface area contributed by atoms with Gasteiger partial charge in [0, 0.05) is 12.3 Å². The summed E-state index contributed by atoms with van der Waals surface area (Å²) in [6, 6.07) is 5.77. The molecule has 1 atom stereocenters. The summed E-state index contributed by atoms with van der Waals surface area (Å²) in [6.07, 6.45) is 0.488. The summed E-state index contributed by atoms with van der Waals surface area (Å²) < 4.78 is 6.05. The van der Waals surface area contributed by atoms with Crippen molar-refractivity contribution < 1.29 is 9.53 Å². The zero-order chi connectivity index (χ0) is 13.0. The lowest BCUT2D eigenvalue weighted by Gasteiger charge is -2.14. The molecule has 2 nitrogen and oxygen atoms in total. The predicted octanol–water partition coefficient (Wildman–Crippen LogP) is 3.86. The van der Waals surface area contributed by atoms with Crippen molar-refractivity contribution in [1.82, 2.24) is 0 Å². The van der Waals surface area contributed by atoms with Crippen LogP contribution in [0.1, 0.15) is 26.3 Å². The lowest BCUT2D eigenvalue weighted by Crippen LogP contribution is -2.18. The van der Waals surface area contributed by atoms with Crippen molar-refractivity contribution in [2.24, 2.45) is 11.8 Å². The SMILES string of the molecule is COc1ccc(CC(=O)C(C)C(C)C)cc1Br. The topological polar surface area (TPSA) is 26.3 Å². The van der Waals surface area contributed by atoms with E-state index in [0.717, 1.165) is 15.8 Å². The average molecular weight is 299 g/mol. The number of halogens is 1. The number of carbonyl (C=O) groups excluding carboxylic acids is 1. The summed E-state index contributed by atoms with van der Waals surface area (Å²) in [4.78, 5) is 12.0. The standard InChI is InChI=1S/C14H19BrO2/c1-9(2)10(3)13(16)8-11-5-6-14(17-4)12(15)7-11/h5-7,9-10H,8H2,1-4H3. The highest BCUT2D eigenvalue weighted by atomic mass is 79.9. The van der Waals surface area contributed by atoms with Gasteiger partial charge < -0.3 is 4.74 Å². The van der Waals surface area contributed by atoms with Gasteiger partial charge in [-0.05, 0) is 39.5 Å². The molecule has 0 fully saturated rings. The number of hydrogen-bond donors (Lipinski definition) is 0. The summed E-state index contributed by atoms with van der Waals surface area (Å²) in [5.74, 6) is 1.58. The molecule has 3 heteroatoms. The van der Waals surface area contributed by atoms with Gasteiger partial charge in [0.1, 0.15) is 11.5 Å². The van der Waals surface area contributed by atoms with Gasteiger partial charge in [-0.2, -0.15) is 0 Å². The van der Waals surface area contributed by atoms with E-state index in [1.54, 1.807) is 7.11 Å². The quantitative estimate of drug-likeness (QED) is 0.825. The highest BCUT2D eigenvalue weighted by molar-refractivity contribution is 9.10. The molecule has 0 aliphatic carbocycles. The molecule has 0 aliphatic rings. The molecule has 1 aromatic carbocycles. The maximum Gasteiger partial charge on any atom is 0.140 e. The van der Waals surface area contributed by atoms with Crippen LogP contribution >= 0.6 is 15.9 Å². The average Bonchev–Trinajstić information content (AvgIpc) is 2.28. The fraction of sp³-hybridized carbons (Fsp3) is 0.500. The van der Waals surface area contributed by atoms with Crippen molar-refractivity contribution in [3.8, 4) is 5.75 Å². The lowest BCUT2D eigenvalue weighted by molar-refractivity contribution is -0.122. The third kappa shape index (κ3) is 3.84. The number of carbonyl (C=O) groups is 1. The molecule has 1 aromatic rings. The Labute approximate surface area is 111 Å². The molecule has 0 heterocycles. The van der Waals surface area contributed by atoms with Gasteiger partial charge in [0.15, 0.2) is 0 Å². The third-order valence-electron chi connectivity index (χ3n) is 3.10. The number of hydrogen-bond acceptors (Lipinski definition) is 2. The van der Waals surface area contributed by atoms with Crippen LogP contribution in [0.4, 0.5) is 0 Å². The van der Waals surface area contributed by atoms with Crippen molar-refractivity contribution in [2.45, 2.75) is 27.2 Å². The van der Waals surface area contributed by atoms with E-state index in [-0.39, 0.29) is 11.7 Å². The van der Waals surface area contributed by atoms with Crippen LogP contribution in [0.3, 0.4) is 0 Å². The second kappa shape index (κ2) is 6.20. The lowest BCUT2D eigenvalue weighted by atomic mass is 9.90. The van der Waals surface area contributed by atoms with E-state index in [4.69, 9.17) is 4.74 Å². The van der Waals surface area contributed by atoms with Gasteiger partial charge in [0.2, 0.25) is 0 Å². The number of rotatable bonds is 5. The first kappa shape index (κ1) is 14.2. The molecule has 0 amide bonds. The number of Topliss-reactive ketones (excluding diaryl/α,β-unsaturated/α-hetero) is 1. The molecule has 0 saturated carbocycles. The normalized spacial score (nSPS) is 12.6. The molecular formula is C14H19BrO2. The number of ketones is 1. The van der Waals surface area contributed by atoms with Crippen LogP contribution in [0, 0.1) is 11.8 Å². The highest BCUT2D eigenvalue weighted by Crippen LogP contribution is 2.26. The Hall–Kier alpha value is -0.830. The van der Waals surface area contributed by atoms with Crippen molar-refractivity contribution in [2.75, 3.05) is 7.11 Å². The Morgan fingerprint density at radius 2 is 2.00 bits per heavy atom. The highest BCUT2D eigenvalue weighted by Gasteiger charge is 2.17. The predicted molar refractivity (Wildman–Crippen MR) is 73.4 cm³/mol. The van der Waals surface area contributed by atoms with E-state index in [1.807, 2.05) is 25.1 Å². The molecule has 0 N–H and O–H groups in total. The van der Waals surface area contributed by atoms with Gasteiger partial charge in [-0.1, -0.05) is 26.8 Å². The minimum atomic E-state index is 0.107. The van der Waals surface area contributed by atoms with Crippen LogP contribution in [0.5, 0.6) is 5.75 Å². The van der Waals surface area contributed by atoms with Crippen molar-refractivity contribution >= 4 is 21.7 Å². The van der Waals surface area contributed by atoms with E-state index in [2.05, 4.69) is 29.8 Å². The molecule has 0 bridgehead atoms. The second-order valence-corrected chi connectivity index (χ2v) is 5.50. The minimum Gasteiger partial charge on any atom is -0.496 e. The zero-order valence-corrected chi connectivity index (χ0v) is 12.4. The third-order valence-corrected chi connectivity index (χ3v) is 3.72. The Morgan fingerprint density at radius 1 is 1.35 bits per heavy atom. The Kier molecular flexibility index (Phi) is 5.19. The second-order valence-electron chi connectivity index (χ2n) is 4.64.